The third-order valence-electron chi connectivity index (χ3n) is 3.61. The number of thiazole rings is 1. The lowest BCUT2D eigenvalue weighted by Gasteiger charge is -2.29. The molecule has 5 heteroatoms. The molecule has 0 spiro atoms. The number of nitrogens with zero attached hydrogens (tertiary/aromatic N) is 2. The number of methoxy groups -OCH3 is 1. The van der Waals surface area contributed by atoms with Crippen molar-refractivity contribution in [3.63, 3.8) is 0 Å². The predicted octanol–water partition coefficient (Wildman–Crippen LogP) is 2.72. The number of aromatic nitrogens is 1. The van der Waals surface area contributed by atoms with E-state index in [2.05, 4.69) is 11.8 Å². The van der Waals surface area contributed by atoms with Crippen molar-refractivity contribution in [3.05, 3.63) is 10.6 Å². The Labute approximate surface area is 120 Å². The van der Waals surface area contributed by atoms with Crippen molar-refractivity contribution in [1.29, 1.82) is 0 Å². The minimum Gasteiger partial charge on any atom is -0.378 e. The van der Waals surface area contributed by atoms with Gasteiger partial charge in [-0.2, -0.15) is 0 Å². The number of hydrogen-bond donors (Lipinski definition) is 1. The fraction of sp³-hybridized carbons (Fsp3) is 0.786. The topological polar surface area (TPSA) is 51.4 Å². The first-order chi connectivity index (χ1) is 8.91. The summed E-state index contributed by atoms with van der Waals surface area (Å²) in [5.41, 5.74) is 6.89. The van der Waals surface area contributed by atoms with Gasteiger partial charge in [0.1, 0.15) is 0 Å². The second-order valence-corrected chi connectivity index (χ2v) is 7.07. The molecule has 0 saturated carbocycles. The lowest BCUT2D eigenvalue weighted by molar-refractivity contribution is 0.180. The summed E-state index contributed by atoms with van der Waals surface area (Å²) >= 11 is 1.72. The molecule has 0 aliphatic carbocycles. The van der Waals surface area contributed by atoms with E-state index < -0.39 is 0 Å². The molecule has 2 heterocycles. The molecular weight excluding hydrogens is 258 g/mol. The van der Waals surface area contributed by atoms with Crippen LogP contribution in [0.25, 0.3) is 0 Å². The summed E-state index contributed by atoms with van der Waals surface area (Å²) in [5, 5.41) is 1.10. The molecule has 1 aliphatic rings. The molecule has 1 saturated heterocycles. The summed E-state index contributed by atoms with van der Waals surface area (Å²) in [6.45, 7) is 9.13. The average Bonchev–Trinajstić information content (AvgIpc) is 2.74. The fourth-order valence-corrected chi connectivity index (χ4v) is 3.55. The van der Waals surface area contributed by atoms with Gasteiger partial charge in [-0.05, 0) is 32.6 Å². The molecule has 1 aromatic rings. The van der Waals surface area contributed by atoms with E-state index in [4.69, 9.17) is 15.5 Å². The van der Waals surface area contributed by atoms with Crippen LogP contribution in [-0.4, -0.2) is 25.2 Å². The van der Waals surface area contributed by atoms with Gasteiger partial charge in [-0.1, -0.05) is 18.3 Å². The Bertz CT molecular complexity index is 417. The monoisotopic (exact) mass is 283 g/mol. The van der Waals surface area contributed by atoms with Crippen molar-refractivity contribution >= 4 is 16.5 Å². The van der Waals surface area contributed by atoms with Crippen LogP contribution >= 0.6 is 11.3 Å². The standard InChI is InChI=1S/C14H25N3OS/c1-10-5-7-17(8-6-10)13-16-11(9-18-4)12(19-13)14(2,3)15/h10H,5-9,15H2,1-4H3. The van der Waals surface area contributed by atoms with Crippen LogP contribution in [0.5, 0.6) is 0 Å². The number of rotatable bonds is 4. The highest BCUT2D eigenvalue weighted by Crippen LogP contribution is 2.35. The first-order valence-corrected chi connectivity index (χ1v) is 7.76. The molecule has 0 atom stereocenters. The van der Waals surface area contributed by atoms with Crippen molar-refractivity contribution < 1.29 is 4.74 Å². The van der Waals surface area contributed by atoms with E-state index in [0.29, 0.717) is 6.61 Å². The predicted molar refractivity (Wildman–Crippen MR) is 80.7 cm³/mol. The zero-order chi connectivity index (χ0) is 14.0. The molecule has 2 rings (SSSR count). The molecule has 0 aromatic carbocycles. The zero-order valence-electron chi connectivity index (χ0n) is 12.4. The highest BCUT2D eigenvalue weighted by Gasteiger charge is 2.26. The van der Waals surface area contributed by atoms with E-state index in [0.717, 1.165) is 34.7 Å². The zero-order valence-corrected chi connectivity index (χ0v) is 13.2. The van der Waals surface area contributed by atoms with Gasteiger partial charge in [-0.15, -0.1) is 0 Å². The molecule has 108 valence electrons. The average molecular weight is 283 g/mol. The maximum Gasteiger partial charge on any atom is 0.185 e. The van der Waals surface area contributed by atoms with Gasteiger partial charge in [0, 0.05) is 25.7 Å². The van der Waals surface area contributed by atoms with Gasteiger partial charge in [0.2, 0.25) is 0 Å². The van der Waals surface area contributed by atoms with Crippen LogP contribution in [0.3, 0.4) is 0 Å². The number of ether oxygens (including phenoxy) is 1. The Morgan fingerprint density at radius 3 is 2.58 bits per heavy atom. The number of anilines is 1. The molecule has 1 aromatic heterocycles. The molecule has 1 fully saturated rings. The number of nitrogens with two attached hydrogens (primary N) is 1. The van der Waals surface area contributed by atoms with Crippen LogP contribution in [0.4, 0.5) is 5.13 Å². The summed E-state index contributed by atoms with van der Waals surface area (Å²) in [7, 11) is 1.70. The largest absolute Gasteiger partial charge is 0.378 e. The van der Waals surface area contributed by atoms with Gasteiger partial charge in [0.25, 0.3) is 0 Å². The first-order valence-electron chi connectivity index (χ1n) is 6.94. The van der Waals surface area contributed by atoms with Crippen LogP contribution in [0.1, 0.15) is 44.2 Å². The van der Waals surface area contributed by atoms with Gasteiger partial charge in [0.05, 0.1) is 17.2 Å². The first kappa shape index (κ1) is 14.8. The van der Waals surface area contributed by atoms with E-state index in [9.17, 15) is 0 Å². The number of piperidine rings is 1. The highest BCUT2D eigenvalue weighted by atomic mass is 32.1. The van der Waals surface area contributed by atoms with Crippen molar-refractivity contribution in [1.82, 2.24) is 4.98 Å². The fourth-order valence-electron chi connectivity index (χ4n) is 2.41. The van der Waals surface area contributed by atoms with Crippen LogP contribution in [0.15, 0.2) is 0 Å². The van der Waals surface area contributed by atoms with Crippen molar-refractivity contribution in [2.45, 2.75) is 45.8 Å². The minimum absolute atomic E-state index is 0.354. The summed E-state index contributed by atoms with van der Waals surface area (Å²) < 4.78 is 5.25. The maximum absolute atomic E-state index is 6.25. The summed E-state index contributed by atoms with van der Waals surface area (Å²) in [4.78, 5) is 8.28. The van der Waals surface area contributed by atoms with E-state index in [1.165, 1.54) is 12.8 Å². The van der Waals surface area contributed by atoms with Gasteiger partial charge < -0.3 is 15.4 Å². The highest BCUT2D eigenvalue weighted by molar-refractivity contribution is 7.15. The van der Waals surface area contributed by atoms with E-state index in [1.807, 2.05) is 13.8 Å². The molecule has 0 radical (unpaired) electrons. The smallest absolute Gasteiger partial charge is 0.185 e. The Morgan fingerprint density at radius 1 is 1.42 bits per heavy atom. The quantitative estimate of drug-likeness (QED) is 0.923. The Hall–Kier alpha value is -0.650. The Kier molecular flexibility index (Phi) is 4.48. The third-order valence-corrected chi connectivity index (χ3v) is 5.10. The van der Waals surface area contributed by atoms with Crippen LogP contribution < -0.4 is 10.6 Å². The summed E-state index contributed by atoms with van der Waals surface area (Å²) in [5.74, 6) is 0.833. The molecule has 2 N–H and O–H groups in total. The third kappa shape index (κ3) is 3.46. The van der Waals surface area contributed by atoms with Crippen LogP contribution in [0.2, 0.25) is 0 Å². The molecule has 1 aliphatic heterocycles. The summed E-state index contributed by atoms with van der Waals surface area (Å²) in [6, 6.07) is 0. The van der Waals surface area contributed by atoms with Crippen molar-refractivity contribution in [3.8, 4) is 0 Å². The minimum atomic E-state index is -0.354. The van der Waals surface area contributed by atoms with Crippen molar-refractivity contribution in [2.24, 2.45) is 11.7 Å². The maximum atomic E-state index is 6.25. The van der Waals surface area contributed by atoms with E-state index in [1.54, 1.807) is 18.4 Å². The molecule has 0 bridgehead atoms. The second-order valence-electron chi connectivity index (χ2n) is 6.10. The molecule has 19 heavy (non-hydrogen) atoms. The van der Waals surface area contributed by atoms with Gasteiger partial charge in [-0.3, -0.25) is 0 Å². The normalized spacial score (nSPS) is 18.1. The van der Waals surface area contributed by atoms with Crippen molar-refractivity contribution in [2.75, 3.05) is 25.1 Å². The molecule has 0 unspecified atom stereocenters. The van der Waals surface area contributed by atoms with Crippen LogP contribution in [0, 0.1) is 5.92 Å². The summed E-state index contributed by atoms with van der Waals surface area (Å²) in [6.07, 6.45) is 2.50. The van der Waals surface area contributed by atoms with Gasteiger partial charge in [0.15, 0.2) is 5.13 Å². The van der Waals surface area contributed by atoms with Crippen LogP contribution in [-0.2, 0) is 16.9 Å². The van der Waals surface area contributed by atoms with Gasteiger partial charge >= 0.3 is 0 Å². The Morgan fingerprint density at radius 2 is 2.05 bits per heavy atom. The SMILES string of the molecule is COCc1nc(N2CCC(C)CC2)sc1C(C)(C)N. The molecule has 4 nitrogen and oxygen atoms in total. The Balaban J connectivity index is 2.22. The van der Waals surface area contributed by atoms with E-state index in [-0.39, 0.29) is 5.54 Å². The van der Waals surface area contributed by atoms with Gasteiger partial charge in [-0.25, -0.2) is 4.98 Å². The lowest BCUT2D eigenvalue weighted by atomic mass is 10.00. The second kappa shape index (κ2) is 5.77. The number of hydrogen-bond acceptors (Lipinski definition) is 5. The lowest BCUT2D eigenvalue weighted by Crippen LogP contribution is -2.32. The molecule has 0 amide bonds. The van der Waals surface area contributed by atoms with E-state index >= 15 is 0 Å². The molecular formula is C14H25N3OS.